The van der Waals surface area contributed by atoms with Gasteiger partial charge in [-0.3, -0.25) is 9.59 Å². The lowest BCUT2D eigenvalue weighted by molar-refractivity contribution is -0.862. The molecule has 0 aliphatic rings. The van der Waals surface area contributed by atoms with E-state index in [1.54, 1.807) is 7.05 Å². The molecule has 9 heteroatoms. The largest absolute Gasteiger partial charge is 0.573 e. The maximum absolute atomic E-state index is 12.2. The average Bonchev–Trinajstić information content (AvgIpc) is 2.67. The maximum Gasteiger partial charge on any atom is 0.573 e. The minimum absolute atomic E-state index is 0.0302. The van der Waals surface area contributed by atoms with Crippen LogP contribution in [0.5, 0.6) is 5.75 Å². The minimum atomic E-state index is -4.77. The molecule has 0 aliphatic carbocycles. The molecular formula is C21H25F3N3O3+. The fourth-order valence-corrected chi connectivity index (χ4v) is 2.78. The standard InChI is InChI=1S/C21H24F3N3O3/c1-15(16-6-4-3-5-7-16)12-25-19(28)13-27(2)14-20(29)26-17-8-10-18(11-9-17)30-21(22,23)24/h3-11,15H,12-14H2,1-2H3,(H,25,28)(H,26,29)/p+1/t15-/m1/s1. The molecule has 0 radical (unpaired) electrons. The van der Waals surface area contributed by atoms with E-state index in [1.807, 2.05) is 37.3 Å². The van der Waals surface area contributed by atoms with Crippen molar-refractivity contribution in [3.8, 4) is 5.75 Å². The second-order valence-corrected chi connectivity index (χ2v) is 7.05. The molecule has 3 N–H and O–H groups in total. The Kier molecular flexibility index (Phi) is 8.23. The van der Waals surface area contributed by atoms with Crippen molar-refractivity contribution in [1.82, 2.24) is 5.32 Å². The molecule has 0 spiro atoms. The normalized spacial score (nSPS) is 13.2. The highest BCUT2D eigenvalue weighted by atomic mass is 19.4. The Labute approximate surface area is 173 Å². The zero-order valence-corrected chi connectivity index (χ0v) is 16.8. The summed E-state index contributed by atoms with van der Waals surface area (Å²) in [7, 11) is 1.71. The number of hydrogen-bond acceptors (Lipinski definition) is 3. The molecule has 2 aromatic rings. The van der Waals surface area contributed by atoms with Gasteiger partial charge in [-0.1, -0.05) is 37.3 Å². The SMILES string of the molecule is C[C@H](CNC(=O)C[NH+](C)CC(=O)Nc1ccc(OC(F)(F)F)cc1)c1ccccc1. The number of alkyl halides is 3. The Balaban J connectivity index is 1.72. The second kappa shape index (κ2) is 10.6. The highest BCUT2D eigenvalue weighted by molar-refractivity contribution is 5.91. The zero-order chi connectivity index (χ0) is 22.1. The summed E-state index contributed by atoms with van der Waals surface area (Å²) < 4.78 is 40.2. The Morgan fingerprint density at radius 1 is 1.00 bits per heavy atom. The molecule has 0 aromatic heterocycles. The van der Waals surface area contributed by atoms with Crippen LogP contribution in [0.2, 0.25) is 0 Å². The Morgan fingerprint density at radius 2 is 1.60 bits per heavy atom. The van der Waals surface area contributed by atoms with Crippen molar-refractivity contribution in [2.75, 3.05) is 32.0 Å². The van der Waals surface area contributed by atoms with Gasteiger partial charge < -0.3 is 20.3 Å². The summed E-state index contributed by atoms with van der Waals surface area (Å²) >= 11 is 0. The molecule has 6 nitrogen and oxygen atoms in total. The monoisotopic (exact) mass is 424 g/mol. The number of hydrogen-bond donors (Lipinski definition) is 3. The third kappa shape index (κ3) is 8.52. The molecule has 0 saturated heterocycles. The number of carbonyl (C=O) groups is 2. The molecule has 2 aromatic carbocycles. The summed E-state index contributed by atoms with van der Waals surface area (Å²) in [6, 6.07) is 14.7. The number of nitrogens with one attached hydrogen (secondary N) is 3. The molecule has 2 atom stereocenters. The van der Waals surface area contributed by atoms with Gasteiger partial charge in [-0.05, 0) is 35.7 Å². The fraction of sp³-hybridized carbons (Fsp3) is 0.333. The van der Waals surface area contributed by atoms with Crippen molar-refractivity contribution in [2.45, 2.75) is 19.2 Å². The van der Waals surface area contributed by atoms with Gasteiger partial charge in [0.05, 0.1) is 7.05 Å². The summed E-state index contributed by atoms with van der Waals surface area (Å²) in [5.41, 5.74) is 1.47. The fourth-order valence-electron chi connectivity index (χ4n) is 2.78. The van der Waals surface area contributed by atoms with Crippen molar-refractivity contribution in [1.29, 1.82) is 0 Å². The molecule has 0 saturated carbocycles. The van der Waals surface area contributed by atoms with E-state index in [2.05, 4.69) is 15.4 Å². The number of quaternary nitrogens is 1. The summed E-state index contributed by atoms with van der Waals surface area (Å²) in [5, 5.41) is 5.44. The van der Waals surface area contributed by atoms with E-state index in [0.717, 1.165) is 17.7 Å². The van der Waals surface area contributed by atoms with E-state index in [4.69, 9.17) is 0 Å². The van der Waals surface area contributed by atoms with E-state index >= 15 is 0 Å². The number of benzene rings is 2. The number of rotatable bonds is 9. The van der Waals surface area contributed by atoms with Crippen molar-refractivity contribution in [3.63, 3.8) is 0 Å². The third-order valence-corrected chi connectivity index (χ3v) is 4.27. The first-order valence-corrected chi connectivity index (χ1v) is 9.41. The highest BCUT2D eigenvalue weighted by Crippen LogP contribution is 2.23. The molecule has 0 bridgehead atoms. The number of ether oxygens (including phenoxy) is 1. The first kappa shape index (κ1) is 23.2. The summed E-state index contributed by atoms with van der Waals surface area (Å²) in [4.78, 5) is 24.9. The quantitative estimate of drug-likeness (QED) is 0.576. The Bertz CT molecular complexity index is 827. The van der Waals surface area contributed by atoms with Gasteiger partial charge >= 0.3 is 6.36 Å². The van der Waals surface area contributed by atoms with Crippen molar-refractivity contribution in [2.24, 2.45) is 0 Å². The number of carbonyl (C=O) groups excluding carboxylic acids is 2. The highest BCUT2D eigenvalue weighted by Gasteiger charge is 2.31. The smallest absolute Gasteiger partial charge is 0.406 e. The number of likely N-dealkylation sites (N-methyl/N-ethyl adjacent to an activating group) is 1. The van der Waals surface area contributed by atoms with Crippen LogP contribution in [-0.4, -0.2) is 44.9 Å². The van der Waals surface area contributed by atoms with E-state index in [9.17, 15) is 22.8 Å². The lowest BCUT2D eigenvalue weighted by atomic mass is 10.0. The molecule has 0 fully saturated rings. The molecule has 0 heterocycles. The number of amides is 2. The zero-order valence-electron chi connectivity index (χ0n) is 16.8. The van der Waals surface area contributed by atoms with Gasteiger partial charge in [-0.25, -0.2) is 0 Å². The van der Waals surface area contributed by atoms with Crippen molar-refractivity contribution in [3.05, 3.63) is 60.2 Å². The topological polar surface area (TPSA) is 71.9 Å². The molecule has 2 rings (SSSR count). The van der Waals surface area contributed by atoms with Gasteiger partial charge in [0.2, 0.25) is 0 Å². The Morgan fingerprint density at radius 3 is 2.20 bits per heavy atom. The van der Waals surface area contributed by atoms with Crippen molar-refractivity contribution >= 4 is 17.5 Å². The first-order valence-electron chi connectivity index (χ1n) is 9.41. The van der Waals surface area contributed by atoms with Crippen LogP contribution in [0.15, 0.2) is 54.6 Å². The van der Waals surface area contributed by atoms with E-state index in [-0.39, 0.29) is 36.6 Å². The first-order chi connectivity index (χ1) is 14.1. The summed E-state index contributed by atoms with van der Waals surface area (Å²) in [6.45, 7) is 2.66. The predicted molar refractivity (Wildman–Crippen MR) is 106 cm³/mol. The summed E-state index contributed by atoms with van der Waals surface area (Å²) in [5.74, 6) is -0.730. The van der Waals surface area contributed by atoms with Crippen LogP contribution in [0.1, 0.15) is 18.4 Å². The maximum atomic E-state index is 12.2. The van der Waals surface area contributed by atoms with Crippen molar-refractivity contribution < 1.29 is 32.4 Å². The number of halogens is 3. The average molecular weight is 424 g/mol. The van der Waals surface area contributed by atoms with Gasteiger partial charge in [-0.15, -0.1) is 13.2 Å². The molecule has 30 heavy (non-hydrogen) atoms. The van der Waals surface area contributed by atoms with E-state index in [1.165, 1.54) is 12.1 Å². The van der Waals surface area contributed by atoms with Crippen LogP contribution >= 0.6 is 0 Å². The third-order valence-electron chi connectivity index (χ3n) is 4.27. The lowest BCUT2D eigenvalue weighted by Gasteiger charge is -2.16. The van der Waals surface area contributed by atoms with Crippen LogP contribution in [0.25, 0.3) is 0 Å². The molecule has 0 aliphatic heterocycles. The molecular weight excluding hydrogens is 399 g/mol. The second-order valence-electron chi connectivity index (χ2n) is 7.05. The van der Waals surface area contributed by atoms with Crippen LogP contribution in [0, 0.1) is 0 Å². The van der Waals surface area contributed by atoms with Gasteiger partial charge in [0.15, 0.2) is 13.1 Å². The molecule has 1 unspecified atom stereocenters. The predicted octanol–water partition coefficient (Wildman–Crippen LogP) is 1.96. The summed E-state index contributed by atoms with van der Waals surface area (Å²) in [6.07, 6.45) is -4.77. The van der Waals surface area contributed by atoms with Gasteiger partial charge in [0, 0.05) is 12.2 Å². The van der Waals surface area contributed by atoms with Crippen LogP contribution in [0.3, 0.4) is 0 Å². The van der Waals surface area contributed by atoms with Crippen LogP contribution in [0.4, 0.5) is 18.9 Å². The van der Waals surface area contributed by atoms with Crippen LogP contribution in [-0.2, 0) is 9.59 Å². The minimum Gasteiger partial charge on any atom is -0.406 e. The van der Waals surface area contributed by atoms with Gasteiger partial charge in [0.1, 0.15) is 5.75 Å². The lowest BCUT2D eigenvalue weighted by Crippen LogP contribution is -3.11. The molecule has 162 valence electrons. The van der Waals surface area contributed by atoms with Gasteiger partial charge in [-0.2, -0.15) is 0 Å². The van der Waals surface area contributed by atoms with E-state index < -0.39 is 6.36 Å². The van der Waals surface area contributed by atoms with Crippen LogP contribution < -0.4 is 20.3 Å². The number of anilines is 1. The van der Waals surface area contributed by atoms with Gasteiger partial charge in [0.25, 0.3) is 11.8 Å². The molecule has 2 amide bonds. The van der Waals surface area contributed by atoms with E-state index in [0.29, 0.717) is 17.1 Å². The Hall–Kier alpha value is -3.07.